The minimum Gasteiger partial charge on any atom is -0.478 e. The highest BCUT2D eigenvalue weighted by molar-refractivity contribution is 7.92. The molecule has 0 saturated heterocycles. The van der Waals surface area contributed by atoms with E-state index in [9.17, 15) is 17.6 Å². The van der Waals surface area contributed by atoms with Crippen molar-refractivity contribution in [2.75, 3.05) is 4.72 Å². The molecular formula is C20H17FN2O4S. The van der Waals surface area contributed by atoms with Gasteiger partial charge < -0.3 is 5.11 Å². The Kier molecular flexibility index (Phi) is 5.15. The first-order valence-electron chi connectivity index (χ1n) is 8.26. The Balaban J connectivity index is 2.05. The van der Waals surface area contributed by atoms with Gasteiger partial charge in [0.25, 0.3) is 10.0 Å². The molecule has 0 aliphatic heterocycles. The van der Waals surface area contributed by atoms with Crippen LogP contribution in [-0.2, 0) is 10.0 Å². The average molecular weight is 400 g/mol. The second-order valence-electron chi connectivity index (χ2n) is 6.28. The molecule has 0 aliphatic rings. The van der Waals surface area contributed by atoms with Crippen molar-refractivity contribution in [3.63, 3.8) is 0 Å². The van der Waals surface area contributed by atoms with Crippen molar-refractivity contribution in [2.45, 2.75) is 18.7 Å². The maximum Gasteiger partial charge on any atom is 0.335 e. The van der Waals surface area contributed by atoms with Crippen LogP contribution in [0.25, 0.3) is 11.1 Å². The fourth-order valence-corrected chi connectivity index (χ4v) is 4.01. The third kappa shape index (κ3) is 3.86. The molecule has 0 atom stereocenters. The molecule has 3 aromatic rings. The zero-order chi connectivity index (χ0) is 20.5. The van der Waals surface area contributed by atoms with Gasteiger partial charge in [-0.2, -0.15) is 0 Å². The minimum absolute atomic E-state index is 0.0671. The van der Waals surface area contributed by atoms with Gasteiger partial charge >= 0.3 is 5.97 Å². The largest absolute Gasteiger partial charge is 0.478 e. The predicted molar refractivity (Wildman–Crippen MR) is 103 cm³/mol. The Bertz CT molecular complexity index is 1160. The lowest BCUT2D eigenvalue weighted by Crippen LogP contribution is -2.17. The molecule has 0 bridgehead atoms. The van der Waals surface area contributed by atoms with Gasteiger partial charge in [-0.1, -0.05) is 12.1 Å². The molecular weight excluding hydrogens is 383 g/mol. The van der Waals surface area contributed by atoms with Gasteiger partial charge in [-0.15, -0.1) is 0 Å². The highest BCUT2D eigenvalue weighted by Crippen LogP contribution is 2.28. The fraction of sp³-hybridized carbons (Fsp3) is 0.100. The van der Waals surface area contributed by atoms with E-state index >= 15 is 0 Å². The summed E-state index contributed by atoms with van der Waals surface area (Å²) < 4.78 is 42.4. The van der Waals surface area contributed by atoms with E-state index in [0.29, 0.717) is 5.56 Å². The summed E-state index contributed by atoms with van der Waals surface area (Å²) in [6.45, 7) is 3.03. The zero-order valence-electron chi connectivity index (χ0n) is 15.1. The number of aromatic nitrogens is 1. The standard InChI is InChI=1S/C20H17FN2O4S/c1-12-3-4-15(14-5-7-22-8-6-14)10-17(12)23-28(26,27)18-11-16(20(24)25)9-13(2)19(18)21/h3-11,23H,1-2H3,(H,24,25). The normalized spacial score (nSPS) is 11.2. The predicted octanol–water partition coefficient (Wildman–Crippen LogP) is 4.00. The topological polar surface area (TPSA) is 96.4 Å². The summed E-state index contributed by atoms with van der Waals surface area (Å²) in [6.07, 6.45) is 3.24. The monoisotopic (exact) mass is 400 g/mol. The molecule has 0 spiro atoms. The lowest BCUT2D eigenvalue weighted by Gasteiger charge is -2.14. The van der Waals surface area contributed by atoms with Crippen molar-refractivity contribution < 1.29 is 22.7 Å². The first-order chi connectivity index (χ1) is 13.2. The Hall–Kier alpha value is -3.26. The smallest absolute Gasteiger partial charge is 0.335 e. The number of rotatable bonds is 5. The molecule has 2 N–H and O–H groups in total. The number of aryl methyl sites for hydroxylation is 2. The van der Waals surface area contributed by atoms with Crippen LogP contribution in [-0.4, -0.2) is 24.5 Å². The molecule has 8 heteroatoms. The summed E-state index contributed by atoms with van der Waals surface area (Å²) in [5, 5.41) is 9.14. The van der Waals surface area contributed by atoms with Gasteiger partial charge in [0.15, 0.2) is 0 Å². The average Bonchev–Trinajstić information content (AvgIpc) is 2.65. The van der Waals surface area contributed by atoms with Gasteiger partial charge in [0.1, 0.15) is 10.7 Å². The molecule has 6 nitrogen and oxygen atoms in total. The van der Waals surface area contributed by atoms with Gasteiger partial charge in [-0.25, -0.2) is 17.6 Å². The highest BCUT2D eigenvalue weighted by Gasteiger charge is 2.24. The van der Waals surface area contributed by atoms with Crippen LogP contribution in [0.15, 0.2) is 59.8 Å². The fourth-order valence-electron chi connectivity index (χ4n) is 2.71. The SMILES string of the molecule is Cc1ccc(-c2ccncc2)cc1NS(=O)(=O)c1cc(C(=O)O)cc(C)c1F. The third-order valence-electron chi connectivity index (χ3n) is 4.25. The molecule has 1 heterocycles. The Labute approximate surface area is 161 Å². The number of hydrogen-bond donors (Lipinski definition) is 2. The second kappa shape index (κ2) is 7.40. The quantitative estimate of drug-likeness (QED) is 0.675. The van der Waals surface area contributed by atoms with Crippen LogP contribution in [0.4, 0.5) is 10.1 Å². The molecule has 0 amide bonds. The molecule has 144 valence electrons. The van der Waals surface area contributed by atoms with E-state index in [1.165, 1.54) is 6.92 Å². The van der Waals surface area contributed by atoms with Crippen LogP contribution in [0.3, 0.4) is 0 Å². The molecule has 3 rings (SSSR count). The van der Waals surface area contributed by atoms with Crippen molar-refractivity contribution in [1.29, 1.82) is 0 Å². The molecule has 0 saturated carbocycles. The number of carbonyl (C=O) groups is 1. The number of carboxylic acids is 1. The number of nitrogens with zero attached hydrogens (tertiary/aromatic N) is 1. The summed E-state index contributed by atoms with van der Waals surface area (Å²) in [7, 11) is -4.34. The van der Waals surface area contributed by atoms with Crippen LogP contribution in [0.2, 0.25) is 0 Å². The van der Waals surface area contributed by atoms with Crippen molar-refractivity contribution in [1.82, 2.24) is 4.98 Å². The van der Waals surface area contributed by atoms with Gasteiger partial charge in [0.05, 0.1) is 11.3 Å². The summed E-state index contributed by atoms with van der Waals surface area (Å²) in [5.41, 5.74) is 2.12. The number of pyridine rings is 1. The van der Waals surface area contributed by atoms with Crippen LogP contribution >= 0.6 is 0 Å². The Morgan fingerprint density at radius 3 is 2.32 bits per heavy atom. The van der Waals surface area contributed by atoms with Crippen LogP contribution in [0, 0.1) is 19.7 Å². The lowest BCUT2D eigenvalue weighted by molar-refractivity contribution is 0.0696. The first kappa shape index (κ1) is 19.5. The number of sulfonamides is 1. The van der Waals surface area contributed by atoms with E-state index in [0.717, 1.165) is 23.3 Å². The molecule has 0 aliphatic carbocycles. The van der Waals surface area contributed by atoms with Crippen LogP contribution in [0.1, 0.15) is 21.5 Å². The van der Waals surface area contributed by atoms with E-state index < -0.39 is 26.7 Å². The number of benzene rings is 2. The third-order valence-corrected chi connectivity index (χ3v) is 5.62. The molecule has 28 heavy (non-hydrogen) atoms. The molecule has 0 unspecified atom stereocenters. The highest BCUT2D eigenvalue weighted by atomic mass is 32.2. The molecule has 2 aromatic carbocycles. The van der Waals surface area contributed by atoms with Crippen LogP contribution < -0.4 is 4.72 Å². The number of anilines is 1. The Morgan fingerprint density at radius 1 is 1.00 bits per heavy atom. The molecule has 0 fully saturated rings. The van der Waals surface area contributed by atoms with Crippen LogP contribution in [0.5, 0.6) is 0 Å². The number of aromatic carboxylic acids is 1. The van der Waals surface area contributed by atoms with E-state index in [-0.39, 0.29) is 16.8 Å². The number of carboxylic acid groups (broad SMARTS) is 1. The summed E-state index contributed by atoms with van der Waals surface area (Å²) in [5.74, 6) is -2.32. The van der Waals surface area contributed by atoms with Gasteiger partial charge in [-0.3, -0.25) is 9.71 Å². The maximum atomic E-state index is 14.5. The van der Waals surface area contributed by atoms with Gasteiger partial charge in [-0.05, 0) is 66.4 Å². The number of halogens is 1. The molecule has 1 aromatic heterocycles. The summed E-state index contributed by atoms with van der Waals surface area (Å²) >= 11 is 0. The zero-order valence-corrected chi connectivity index (χ0v) is 15.9. The first-order valence-corrected chi connectivity index (χ1v) is 9.74. The van der Waals surface area contributed by atoms with E-state index in [4.69, 9.17) is 5.11 Å². The lowest BCUT2D eigenvalue weighted by atomic mass is 10.0. The van der Waals surface area contributed by atoms with E-state index in [2.05, 4.69) is 9.71 Å². The number of nitrogens with one attached hydrogen (secondary N) is 1. The van der Waals surface area contributed by atoms with E-state index in [1.807, 2.05) is 6.07 Å². The van der Waals surface area contributed by atoms with Gasteiger partial charge in [0.2, 0.25) is 0 Å². The summed E-state index contributed by atoms with van der Waals surface area (Å²) in [4.78, 5) is 14.5. The second-order valence-corrected chi connectivity index (χ2v) is 7.93. The van der Waals surface area contributed by atoms with Crippen molar-refractivity contribution in [3.8, 4) is 11.1 Å². The van der Waals surface area contributed by atoms with E-state index in [1.54, 1.807) is 43.6 Å². The minimum atomic E-state index is -4.34. The van der Waals surface area contributed by atoms with Crippen molar-refractivity contribution in [3.05, 3.63) is 77.4 Å². The summed E-state index contributed by atoms with van der Waals surface area (Å²) in [6, 6.07) is 10.7. The Morgan fingerprint density at radius 2 is 1.68 bits per heavy atom. The van der Waals surface area contributed by atoms with Crippen molar-refractivity contribution >= 4 is 21.7 Å². The van der Waals surface area contributed by atoms with Crippen molar-refractivity contribution in [2.24, 2.45) is 0 Å². The van der Waals surface area contributed by atoms with Gasteiger partial charge in [0, 0.05) is 12.4 Å². The number of hydrogen-bond acceptors (Lipinski definition) is 4. The molecule has 0 radical (unpaired) electrons. The maximum absolute atomic E-state index is 14.5.